The average Bonchev–Trinajstić information content (AvgIpc) is 3.14. The zero-order chi connectivity index (χ0) is 10.5. The number of aromatic nitrogens is 2. The van der Waals surface area contributed by atoms with Crippen LogP contribution in [0.5, 0.6) is 0 Å². The molecule has 1 aromatic heterocycles. The Labute approximate surface area is 95.7 Å². The zero-order valence-electron chi connectivity index (χ0n) is 9.45. The Bertz CT molecular complexity index is 387. The lowest BCUT2D eigenvalue weighted by molar-refractivity contribution is 0.911. The van der Waals surface area contributed by atoms with Crippen LogP contribution in [-0.2, 0) is 0 Å². The normalized spacial score (nSPS) is 24.5. The maximum atomic E-state index is 4.66. The van der Waals surface area contributed by atoms with Crippen molar-refractivity contribution in [2.45, 2.75) is 56.4 Å². The van der Waals surface area contributed by atoms with E-state index in [-0.39, 0.29) is 0 Å². The van der Waals surface area contributed by atoms with Gasteiger partial charge in [-0.05, 0) is 44.6 Å². The molecule has 3 aliphatic rings. The van der Waals surface area contributed by atoms with E-state index >= 15 is 0 Å². The van der Waals surface area contributed by atoms with Crippen molar-refractivity contribution in [1.82, 2.24) is 9.97 Å². The summed E-state index contributed by atoms with van der Waals surface area (Å²) in [6, 6.07) is 2.91. The average molecular weight is 215 g/mol. The topological polar surface area (TPSA) is 37.8 Å². The highest BCUT2D eigenvalue weighted by molar-refractivity contribution is 5.35. The Balaban J connectivity index is 1.66. The highest BCUT2D eigenvalue weighted by atomic mass is 15.1. The summed E-state index contributed by atoms with van der Waals surface area (Å²) in [4.78, 5) is 9.33. The number of hydrogen-bond donors (Lipinski definition) is 1. The fourth-order valence-electron chi connectivity index (χ4n) is 2.14. The summed E-state index contributed by atoms with van der Waals surface area (Å²) < 4.78 is 0. The van der Waals surface area contributed by atoms with Gasteiger partial charge in [-0.25, -0.2) is 9.97 Å². The third-order valence-electron chi connectivity index (χ3n) is 3.67. The van der Waals surface area contributed by atoms with E-state index in [0.717, 1.165) is 17.8 Å². The first-order chi connectivity index (χ1) is 7.88. The molecule has 3 fully saturated rings. The minimum Gasteiger partial charge on any atom is -0.351 e. The van der Waals surface area contributed by atoms with E-state index in [2.05, 4.69) is 21.4 Å². The summed E-state index contributed by atoms with van der Waals surface area (Å²) in [6.45, 7) is 0. The Morgan fingerprint density at radius 3 is 1.88 bits per heavy atom. The summed E-state index contributed by atoms with van der Waals surface area (Å²) in [5, 5.41) is 3.44. The van der Waals surface area contributed by atoms with Gasteiger partial charge in [0.2, 0.25) is 5.95 Å². The zero-order valence-corrected chi connectivity index (χ0v) is 9.45. The first kappa shape index (κ1) is 8.97. The lowest BCUT2D eigenvalue weighted by Gasteiger charge is -2.08. The van der Waals surface area contributed by atoms with Crippen molar-refractivity contribution in [2.24, 2.45) is 0 Å². The second-order valence-electron chi connectivity index (χ2n) is 5.51. The van der Waals surface area contributed by atoms with E-state index in [0.29, 0.717) is 6.04 Å². The monoisotopic (exact) mass is 215 g/mol. The number of rotatable bonds is 4. The molecule has 3 aliphatic carbocycles. The summed E-state index contributed by atoms with van der Waals surface area (Å²) in [7, 11) is 0. The van der Waals surface area contributed by atoms with Gasteiger partial charge < -0.3 is 5.32 Å². The van der Waals surface area contributed by atoms with Crippen LogP contribution in [-0.4, -0.2) is 16.0 Å². The molecule has 0 saturated heterocycles. The largest absolute Gasteiger partial charge is 0.351 e. The van der Waals surface area contributed by atoms with Crippen LogP contribution in [0.2, 0.25) is 0 Å². The third-order valence-corrected chi connectivity index (χ3v) is 3.67. The van der Waals surface area contributed by atoms with Crippen molar-refractivity contribution in [1.29, 1.82) is 0 Å². The minimum absolute atomic E-state index is 0.654. The van der Waals surface area contributed by atoms with Gasteiger partial charge in [-0.3, -0.25) is 0 Å². The summed E-state index contributed by atoms with van der Waals surface area (Å²) in [6.07, 6.45) is 7.87. The van der Waals surface area contributed by atoms with Crippen molar-refractivity contribution in [3.8, 4) is 0 Å². The van der Waals surface area contributed by atoms with Crippen molar-refractivity contribution in [3.63, 3.8) is 0 Å². The van der Waals surface area contributed by atoms with E-state index in [1.807, 2.05) is 0 Å². The number of anilines is 1. The number of hydrogen-bond acceptors (Lipinski definition) is 3. The summed E-state index contributed by atoms with van der Waals surface area (Å²) in [5.41, 5.74) is 2.58. The molecule has 1 aromatic rings. The molecule has 0 unspecified atom stereocenters. The molecule has 0 spiro atoms. The van der Waals surface area contributed by atoms with Gasteiger partial charge in [0, 0.05) is 29.3 Å². The Hall–Kier alpha value is -1.12. The second-order valence-corrected chi connectivity index (χ2v) is 5.51. The maximum absolute atomic E-state index is 4.66. The van der Waals surface area contributed by atoms with Crippen LogP contribution in [0.1, 0.15) is 61.7 Å². The van der Waals surface area contributed by atoms with E-state index in [9.17, 15) is 0 Å². The van der Waals surface area contributed by atoms with Crippen LogP contribution >= 0.6 is 0 Å². The molecule has 3 nitrogen and oxygen atoms in total. The van der Waals surface area contributed by atoms with Crippen LogP contribution in [0, 0.1) is 0 Å². The van der Waals surface area contributed by atoms with Gasteiger partial charge in [-0.1, -0.05) is 0 Å². The van der Waals surface area contributed by atoms with E-state index in [1.54, 1.807) is 0 Å². The number of nitrogens with zero attached hydrogens (tertiary/aromatic N) is 2. The third kappa shape index (κ3) is 1.79. The van der Waals surface area contributed by atoms with Gasteiger partial charge in [-0.15, -0.1) is 0 Å². The van der Waals surface area contributed by atoms with E-state index in [1.165, 1.54) is 49.9 Å². The second kappa shape index (κ2) is 3.19. The van der Waals surface area contributed by atoms with Gasteiger partial charge >= 0.3 is 0 Å². The Morgan fingerprint density at radius 2 is 1.44 bits per heavy atom. The molecule has 0 radical (unpaired) electrons. The van der Waals surface area contributed by atoms with Gasteiger partial charge in [0.1, 0.15) is 0 Å². The summed E-state index contributed by atoms with van der Waals surface area (Å²) in [5.74, 6) is 2.37. The van der Waals surface area contributed by atoms with Gasteiger partial charge in [-0.2, -0.15) is 0 Å². The molecule has 0 bridgehead atoms. The number of nitrogens with one attached hydrogen (secondary N) is 1. The molecule has 1 N–H and O–H groups in total. The van der Waals surface area contributed by atoms with Gasteiger partial charge in [0.05, 0.1) is 0 Å². The fraction of sp³-hybridized carbons (Fsp3) is 0.692. The van der Waals surface area contributed by atoms with Crippen LogP contribution < -0.4 is 5.32 Å². The highest BCUT2D eigenvalue weighted by Gasteiger charge is 2.31. The molecule has 1 heterocycles. The van der Waals surface area contributed by atoms with Crippen LogP contribution in [0.15, 0.2) is 6.07 Å². The molecule has 3 saturated carbocycles. The van der Waals surface area contributed by atoms with E-state index < -0.39 is 0 Å². The molecule has 16 heavy (non-hydrogen) atoms. The van der Waals surface area contributed by atoms with Crippen LogP contribution in [0.4, 0.5) is 5.95 Å². The van der Waals surface area contributed by atoms with Crippen molar-refractivity contribution in [2.75, 3.05) is 5.32 Å². The minimum atomic E-state index is 0.654. The predicted molar refractivity (Wildman–Crippen MR) is 62.6 cm³/mol. The molecule has 4 rings (SSSR count). The Morgan fingerprint density at radius 1 is 0.875 bits per heavy atom. The Kier molecular flexibility index (Phi) is 1.79. The van der Waals surface area contributed by atoms with E-state index in [4.69, 9.17) is 0 Å². The molecule has 0 amide bonds. The predicted octanol–water partition coefficient (Wildman–Crippen LogP) is 2.81. The highest BCUT2D eigenvalue weighted by Crippen LogP contribution is 2.44. The molecular weight excluding hydrogens is 198 g/mol. The van der Waals surface area contributed by atoms with Gasteiger partial charge in [0.25, 0.3) is 0 Å². The van der Waals surface area contributed by atoms with Crippen molar-refractivity contribution < 1.29 is 0 Å². The first-order valence-corrected chi connectivity index (χ1v) is 6.54. The molecule has 0 atom stereocenters. The first-order valence-electron chi connectivity index (χ1n) is 6.54. The molecule has 84 valence electrons. The molecule has 0 aromatic carbocycles. The van der Waals surface area contributed by atoms with Crippen molar-refractivity contribution in [3.05, 3.63) is 17.5 Å². The van der Waals surface area contributed by atoms with Crippen LogP contribution in [0.25, 0.3) is 0 Å². The maximum Gasteiger partial charge on any atom is 0.223 e. The quantitative estimate of drug-likeness (QED) is 0.839. The SMILES string of the molecule is c1c(C2CC2)nc(NC2CC2)nc1C1CC1. The molecular formula is C13H17N3. The smallest absolute Gasteiger partial charge is 0.223 e. The fourth-order valence-corrected chi connectivity index (χ4v) is 2.14. The van der Waals surface area contributed by atoms with Gasteiger partial charge in [0.15, 0.2) is 0 Å². The molecule has 3 heteroatoms. The lowest BCUT2D eigenvalue weighted by atomic mass is 10.2. The summed E-state index contributed by atoms with van der Waals surface area (Å²) >= 11 is 0. The van der Waals surface area contributed by atoms with Crippen molar-refractivity contribution >= 4 is 5.95 Å². The molecule has 0 aliphatic heterocycles. The lowest BCUT2D eigenvalue weighted by Crippen LogP contribution is -2.08. The standard InChI is InChI=1S/C13H17N3/c1-2-8(1)11-7-12(9-3-4-9)16-13(15-11)14-10-5-6-10/h7-10H,1-6H2,(H,14,15,16). The van der Waals surface area contributed by atoms with Crippen LogP contribution in [0.3, 0.4) is 0 Å².